The molecule has 0 radical (unpaired) electrons. The van der Waals surface area contributed by atoms with Crippen LogP contribution < -0.4 is 16.4 Å². The summed E-state index contributed by atoms with van der Waals surface area (Å²) in [6.07, 6.45) is 3.25. The number of carbonyl (C=O) groups is 3. The zero-order chi connectivity index (χ0) is 36.6. The van der Waals surface area contributed by atoms with E-state index in [2.05, 4.69) is 10.6 Å². The molecule has 1 aliphatic heterocycles. The Morgan fingerprint density at radius 2 is 1.69 bits per heavy atom. The van der Waals surface area contributed by atoms with Crippen molar-refractivity contribution < 1.29 is 43.9 Å². The highest BCUT2D eigenvalue weighted by Crippen LogP contribution is 2.43. The molecule has 0 saturated heterocycles. The number of aromatic hydroxyl groups is 2. The molecule has 1 heterocycles. The predicted molar refractivity (Wildman–Crippen MR) is 189 cm³/mol. The molecule has 7 N–H and O–H groups in total. The summed E-state index contributed by atoms with van der Waals surface area (Å²) in [6, 6.07) is 5.32. The lowest BCUT2D eigenvalue weighted by Gasteiger charge is -2.28. The number of benzene rings is 2. The second-order valence-electron chi connectivity index (χ2n) is 11.7. The van der Waals surface area contributed by atoms with E-state index in [1.54, 1.807) is 32.9 Å². The number of aliphatic hydroxyl groups excluding tert-OH is 1. The van der Waals surface area contributed by atoms with E-state index in [-0.39, 0.29) is 44.5 Å². The van der Waals surface area contributed by atoms with E-state index in [1.165, 1.54) is 57.6 Å². The number of methoxy groups -OCH3 is 2. The topological polar surface area (TPSA) is 190 Å². The Morgan fingerprint density at radius 1 is 1.04 bits per heavy atom. The van der Waals surface area contributed by atoms with Gasteiger partial charge in [0.25, 0.3) is 11.8 Å². The van der Waals surface area contributed by atoms with Crippen molar-refractivity contribution in [2.75, 3.05) is 24.9 Å². The molecule has 2 bridgehead atoms. The smallest absolute Gasteiger partial charge is 0.405 e. The SMILES string of the molecule is CO[C@H]1C=CC=C(C)C(=O)Nc2cc(O)c(NC(=O)c3cc(Cl)cc(Cl)c3)c(c2O)C=C(C)C[C@H](OC)[C@H](O)[C@@H](C)C=C(C)[C@@H]1OC(N)=O. The van der Waals surface area contributed by atoms with E-state index in [0.29, 0.717) is 11.1 Å². The lowest BCUT2D eigenvalue weighted by molar-refractivity contribution is -0.112. The van der Waals surface area contributed by atoms with Crippen molar-refractivity contribution >= 4 is 58.6 Å². The van der Waals surface area contributed by atoms with Crippen molar-refractivity contribution in [3.8, 4) is 11.5 Å². The minimum absolute atomic E-state index is 0.0313. The van der Waals surface area contributed by atoms with Gasteiger partial charge in [0, 0.05) is 52.9 Å². The monoisotopic (exact) mass is 717 g/mol. The van der Waals surface area contributed by atoms with Crippen molar-refractivity contribution in [3.05, 3.63) is 86.5 Å². The number of hydrogen-bond donors (Lipinski definition) is 6. The zero-order valence-electron chi connectivity index (χ0n) is 27.9. The second-order valence-corrected chi connectivity index (χ2v) is 12.5. The molecule has 0 fully saturated rings. The zero-order valence-corrected chi connectivity index (χ0v) is 29.4. The molecule has 49 heavy (non-hydrogen) atoms. The molecule has 14 heteroatoms. The first kappa shape index (κ1) is 39.1. The van der Waals surface area contributed by atoms with Crippen LogP contribution in [-0.4, -0.2) is 71.9 Å². The quantitative estimate of drug-likeness (QED) is 0.116. The fourth-order valence-electron chi connectivity index (χ4n) is 5.28. The second kappa shape index (κ2) is 17.4. The molecule has 5 atom stereocenters. The number of anilines is 2. The third kappa shape index (κ3) is 10.3. The van der Waals surface area contributed by atoms with Gasteiger partial charge in [0.1, 0.15) is 17.6 Å². The van der Waals surface area contributed by atoms with Gasteiger partial charge >= 0.3 is 6.09 Å². The van der Waals surface area contributed by atoms with Crippen LogP contribution in [0.1, 0.15) is 50.0 Å². The molecule has 0 spiro atoms. The van der Waals surface area contributed by atoms with E-state index < -0.39 is 59.7 Å². The number of fused-ring (bicyclic) bond motifs is 2. The largest absolute Gasteiger partial charge is 0.506 e. The van der Waals surface area contributed by atoms with Crippen LogP contribution >= 0.6 is 23.2 Å². The van der Waals surface area contributed by atoms with Crippen LogP contribution in [0.15, 0.2) is 65.3 Å². The molecule has 0 saturated carbocycles. The van der Waals surface area contributed by atoms with E-state index in [4.69, 9.17) is 43.1 Å². The number of allylic oxidation sites excluding steroid dienone is 2. The molecule has 1 aliphatic rings. The average molecular weight is 719 g/mol. The predicted octanol–water partition coefficient (Wildman–Crippen LogP) is 6.34. The van der Waals surface area contributed by atoms with Gasteiger partial charge in [0.05, 0.1) is 23.6 Å². The van der Waals surface area contributed by atoms with E-state index >= 15 is 0 Å². The lowest BCUT2D eigenvalue weighted by atomic mass is 9.91. The van der Waals surface area contributed by atoms with Crippen LogP contribution in [0.5, 0.6) is 11.5 Å². The normalized spacial score (nSPS) is 22.3. The first-order valence-corrected chi connectivity index (χ1v) is 15.9. The highest BCUT2D eigenvalue weighted by atomic mass is 35.5. The number of amides is 3. The molecule has 2 aromatic carbocycles. The van der Waals surface area contributed by atoms with Gasteiger partial charge in [-0.15, -0.1) is 0 Å². The van der Waals surface area contributed by atoms with Gasteiger partial charge in [-0.05, 0) is 57.0 Å². The molecule has 0 aliphatic carbocycles. The number of carbonyl (C=O) groups excluding carboxylic acids is 3. The highest BCUT2D eigenvalue weighted by Gasteiger charge is 2.29. The molecular formula is C35H41Cl2N3O9. The standard InChI is InChI=1S/C35H41Cl2N3O9/c1-17-10-24-29(40-34(45)21-13-22(36)15-23(37)14-21)26(41)16-25(31(24)43)39-33(44)18(2)8-7-9-27(47-5)32(49-35(38)46)20(4)12-19(3)30(42)28(11-17)48-6/h7-10,12-16,19,27-28,30,32,41-43H,11H2,1-6H3,(H2,38,46)(H,39,44)(H,40,45)/t19-,27-,28-,30+,32-/m0/s1. The first-order chi connectivity index (χ1) is 23.1. The third-order valence-corrected chi connectivity index (χ3v) is 8.29. The Morgan fingerprint density at radius 3 is 2.29 bits per heavy atom. The number of nitrogens with one attached hydrogen (secondary N) is 2. The highest BCUT2D eigenvalue weighted by molar-refractivity contribution is 6.35. The first-order valence-electron chi connectivity index (χ1n) is 15.1. The molecule has 0 aromatic heterocycles. The fraction of sp³-hybridized carbons (Fsp3) is 0.343. The van der Waals surface area contributed by atoms with Crippen molar-refractivity contribution in [2.24, 2.45) is 11.7 Å². The van der Waals surface area contributed by atoms with Gasteiger partial charge in [0.15, 0.2) is 6.10 Å². The van der Waals surface area contributed by atoms with Crippen molar-refractivity contribution in [3.63, 3.8) is 0 Å². The number of nitrogens with two attached hydrogens (primary N) is 1. The minimum atomic E-state index is -1.07. The fourth-order valence-corrected chi connectivity index (χ4v) is 5.81. The number of hydrogen-bond acceptors (Lipinski definition) is 9. The molecule has 12 nitrogen and oxygen atoms in total. The maximum absolute atomic E-state index is 13.3. The maximum atomic E-state index is 13.3. The molecular weight excluding hydrogens is 677 g/mol. The van der Waals surface area contributed by atoms with E-state index in [1.807, 2.05) is 0 Å². The Hall–Kier alpha value is -4.33. The van der Waals surface area contributed by atoms with Crippen LogP contribution in [0.25, 0.3) is 6.08 Å². The molecule has 3 amide bonds. The number of ether oxygens (including phenoxy) is 3. The molecule has 0 unspecified atom stereocenters. The summed E-state index contributed by atoms with van der Waals surface area (Å²) in [5.41, 5.74) is 6.40. The van der Waals surface area contributed by atoms with Crippen molar-refractivity contribution in [1.29, 1.82) is 0 Å². The van der Waals surface area contributed by atoms with Crippen LogP contribution in [0.3, 0.4) is 0 Å². The van der Waals surface area contributed by atoms with Crippen molar-refractivity contribution in [2.45, 2.75) is 58.5 Å². The van der Waals surface area contributed by atoms with E-state index in [9.17, 15) is 29.7 Å². The van der Waals surface area contributed by atoms with E-state index in [0.717, 1.165) is 6.07 Å². The van der Waals surface area contributed by atoms with Crippen molar-refractivity contribution in [1.82, 2.24) is 0 Å². The summed E-state index contributed by atoms with van der Waals surface area (Å²) in [7, 11) is 2.84. The number of aliphatic hydroxyl groups is 1. The number of primary amides is 1. The summed E-state index contributed by atoms with van der Waals surface area (Å²) in [4.78, 5) is 38.2. The minimum Gasteiger partial charge on any atom is -0.506 e. The summed E-state index contributed by atoms with van der Waals surface area (Å²) in [5.74, 6) is -2.76. The summed E-state index contributed by atoms with van der Waals surface area (Å²) >= 11 is 12.2. The Labute approximate surface area is 294 Å². The van der Waals surface area contributed by atoms with Gasteiger partial charge in [-0.25, -0.2) is 4.79 Å². The lowest BCUT2D eigenvalue weighted by Crippen LogP contribution is -2.36. The summed E-state index contributed by atoms with van der Waals surface area (Å²) < 4.78 is 16.6. The molecule has 3 rings (SSSR count). The van der Waals surface area contributed by atoms with Gasteiger partial charge in [-0.2, -0.15) is 0 Å². The number of phenolic OH excluding ortho intramolecular Hbond substituents is 2. The Balaban J connectivity index is 2.20. The van der Waals surface area contributed by atoms with Gasteiger partial charge < -0.3 is 45.9 Å². The summed E-state index contributed by atoms with van der Waals surface area (Å²) in [6.45, 7) is 6.69. The number of rotatable bonds is 5. The summed E-state index contributed by atoms with van der Waals surface area (Å²) in [5, 5.41) is 39.5. The van der Waals surface area contributed by atoms with Crippen LogP contribution in [0.4, 0.5) is 16.2 Å². The molecule has 264 valence electrons. The third-order valence-electron chi connectivity index (χ3n) is 7.86. The van der Waals surface area contributed by atoms with Gasteiger partial charge in [-0.1, -0.05) is 60.0 Å². The average Bonchev–Trinajstić information content (AvgIpc) is 3.03. The number of phenols is 2. The van der Waals surface area contributed by atoms with Gasteiger partial charge in [-0.3, -0.25) is 9.59 Å². The number of halogens is 2. The maximum Gasteiger partial charge on any atom is 0.405 e. The molecule has 2 aromatic rings. The van der Waals surface area contributed by atoms with Crippen LogP contribution in [0, 0.1) is 5.92 Å². The van der Waals surface area contributed by atoms with Gasteiger partial charge in [0.2, 0.25) is 0 Å². The van der Waals surface area contributed by atoms with Crippen LogP contribution in [-0.2, 0) is 19.0 Å². The van der Waals surface area contributed by atoms with Crippen LogP contribution in [0.2, 0.25) is 10.0 Å². The Kier molecular flexibility index (Phi) is 13.9. The Bertz CT molecular complexity index is 1680.